The van der Waals surface area contributed by atoms with Crippen LogP contribution in [0.2, 0.25) is 0 Å². The van der Waals surface area contributed by atoms with Crippen molar-refractivity contribution < 1.29 is 9.53 Å². The van der Waals surface area contributed by atoms with E-state index in [1.165, 1.54) is 11.8 Å². The van der Waals surface area contributed by atoms with Crippen molar-refractivity contribution in [3.8, 4) is 11.4 Å². The van der Waals surface area contributed by atoms with E-state index in [4.69, 9.17) is 4.74 Å². The van der Waals surface area contributed by atoms with Gasteiger partial charge in [-0.25, -0.2) is 0 Å². The summed E-state index contributed by atoms with van der Waals surface area (Å²) < 4.78 is 7.04. The fourth-order valence-corrected chi connectivity index (χ4v) is 3.98. The van der Waals surface area contributed by atoms with Gasteiger partial charge in [0.05, 0.1) is 7.11 Å². The molecule has 0 aliphatic rings. The third-order valence-corrected chi connectivity index (χ3v) is 5.55. The lowest BCUT2D eigenvalue weighted by molar-refractivity contribution is -0.130. The van der Waals surface area contributed by atoms with Gasteiger partial charge in [-0.2, -0.15) is 4.68 Å². The number of rotatable bonds is 8. The van der Waals surface area contributed by atoms with Crippen molar-refractivity contribution in [2.24, 2.45) is 0 Å². The number of methoxy groups -OCH3 is 1. The van der Waals surface area contributed by atoms with E-state index in [-0.39, 0.29) is 5.91 Å². The zero-order valence-corrected chi connectivity index (χ0v) is 17.0. The minimum atomic E-state index is -0.444. The van der Waals surface area contributed by atoms with Gasteiger partial charge in [0.2, 0.25) is 11.1 Å². The zero-order chi connectivity index (χ0) is 19.9. The lowest BCUT2D eigenvalue weighted by Gasteiger charge is -2.24. The summed E-state index contributed by atoms with van der Waals surface area (Å²) >= 11 is 1.34. The van der Waals surface area contributed by atoms with E-state index < -0.39 is 5.25 Å². The summed E-state index contributed by atoms with van der Waals surface area (Å²) in [6, 6.07) is 17.2. The summed E-state index contributed by atoms with van der Waals surface area (Å²) in [5.41, 5.74) is 1.64. The molecule has 0 aliphatic heterocycles. The zero-order valence-electron chi connectivity index (χ0n) is 16.1. The summed E-state index contributed by atoms with van der Waals surface area (Å²) in [4.78, 5) is 15.0. The van der Waals surface area contributed by atoms with Crippen LogP contribution in [-0.2, 0) is 4.79 Å². The number of hydrogen-bond donors (Lipinski definition) is 0. The minimum absolute atomic E-state index is 0.0378. The molecule has 1 aromatic heterocycles. The van der Waals surface area contributed by atoms with Gasteiger partial charge < -0.3 is 9.64 Å². The van der Waals surface area contributed by atoms with Crippen LogP contribution in [0.1, 0.15) is 24.7 Å². The summed E-state index contributed by atoms with van der Waals surface area (Å²) in [6.07, 6.45) is 0. The molecule has 0 N–H and O–H groups in total. The molecular formula is C20H23N5O2S. The number of amides is 1. The molecule has 1 heterocycles. The van der Waals surface area contributed by atoms with Crippen LogP contribution in [0.15, 0.2) is 59.8 Å². The molecule has 0 fully saturated rings. The van der Waals surface area contributed by atoms with Gasteiger partial charge in [-0.05, 0) is 42.0 Å². The second-order valence-electron chi connectivity index (χ2n) is 5.96. The maximum Gasteiger partial charge on any atom is 0.240 e. The topological polar surface area (TPSA) is 73.1 Å². The quantitative estimate of drug-likeness (QED) is 0.543. The molecule has 0 spiro atoms. The van der Waals surface area contributed by atoms with Crippen LogP contribution >= 0.6 is 11.8 Å². The number of tetrazole rings is 1. The lowest BCUT2D eigenvalue weighted by Crippen LogP contribution is -2.34. The molecule has 3 aromatic rings. The highest BCUT2D eigenvalue weighted by Gasteiger charge is 2.28. The van der Waals surface area contributed by atoms with E-state index >= 15 is 0 Å². The van der Waals surface area contributed by atoms with Crippen LogP contribution in [0.3, 0.4) is 0 Å². The third kappa shape index (κ3) is 4.17. The van der Waals surface area contributed by atoms with E-state index in [1.54, 1.807) is 11.8 Å². The summed E-state index contributed by atoms with van der Waals surface area (Å²) in [6.45, 7) is 5.26. The van der Waals surface area contributed by atoms with Crippen LogP contribution in [0.5, 0.6) is 5.75 Å². The van der Waals surface area contributed by atoms with Crippen molar-refractivity contribution >= 4 is 17.7 Å². The van der Waals surface area contributed by atoms with Crippen LogP contribution in [-0.4, -0.2) is 51.2 Å². The Hall–Kier alpha value is -2.87. The second kappa shape index (κ2) is 9.36. The number of ether oxygens (including phenoxy) is 1. The molecule has 0 bridgehead atoms. The highest BCUT2D eigenvalue weighted by molar-refractivity contribution is 8.00. The van der Waals surface area contributed by atoms with Gasteiger partial charge in [0.25, 0.3) is 0 Å². The number of thioether (sulfide) groups is 1. The molecule has 0 saturated carbocycles. The molecule has 7 nitrogen and oxygen atoms in total. The predicted octanol–water partition coefficient (Wildman–Crippen LogP) is 3.37. The second-order valence-corrected chi connectivity index (χ2v) is 7.04. The fraction of sp³-hybridized carbons (Fsp3) is 0.300. The maximum atomic E-state index is 13.2. The normalized spacial score (nSPS) is 11.8. The average Bonchev–Trinajstić information content (AvgIpc) is 3.21. The van der Waals surface area contributed by atoms with E-state index in [2.05, 4.69) is 15.5 Å². The minimum Gasteiger partial charge on any atom is -0.494 e. The first-order valence-electron chi connectivity index (χ1n) is 9.11. The number of hydrogen-bond acceptors (Lipinski definition) is 6. The first kappa shape index (κ1) is 19.9. The van der Waals surface area contributed by atoms with Crippen molar-refractivity contribution in [2.75, 3.05) is 20.2 Å². The summed E-state index contributed by atoms with van der Waals surface area (Å²) in [7, 11) is 1.60. The Kier molecular flexibility index (Phi) is 6.65. The van der Waals surface area contributed by atoms with Gasteiger partial charge in [0, 0.05) is 13.1 Å². The molecular weight excluding hydrogens is 374 g/mol. The van der Waals surface area contributed by atoms with Gasteiger partial charge in [-0.1, -0.05) is 54.2 Å². The SMILES string of the molecule is CCN(CC)C(=O)[C@H](Sc1nnnn1-c1ccccc1OC)c1ccccc1. The standard InChI is InChI=1S/C20H23N5O2S/c1-4-24(5-2)19(26)18(15-11-7-6-8-12-15)28-20-21-22-23-25(20)16-13-9-10-14-17(16)27-3/h6-14,18H,4-5H2,1-3H3/t18-/m1/s1. The Bertz CT molecular complexity index is 912. The highest BCUT2D eigenvalue weighted by atomic mass is 32.2. The predicted molar refractivity (Wildman–Crippen MR) is 109 cm³/mol. The van der Waals surface area contributed by atoms with Gasteiger partial charge >= 0.3 is 0 Å². The molecule has 0 aliphatic carbocycles. The van der Waals surface area contributed by atoms with Crippen molar-refractivity contribution in [2.45, 2.75) is 24.3 Å². The van der Waals surface area contributed by atoms with Gasteiger partial charge in [-0.3, -0.25) is 4.79 Å². The third-order valence-electron chi connectivity index (χ3n) is 4.38. The first-order valence-corrected chi connectivity index (χ1v) is 9.99. The first-order chi connectivity index (χ1) is 13.7. The average molecular weight is 398 g/mol. The molecule has 28 heavy (non-hydrogen) atoms. The molecule has 3 rings (SSSR count). The molecule has 2 aromatic carbocycles. The van der Waals surface area contributed by atoms with Gasteiger partial charge in [-0.15, -0.1) is 5.10 Å². The number of aromatic nitrogens is 4. The van der Waals surface area contributed by atoms with Crippen LogP contribution in [0.4, 0.5) is 0 Å². The van der Waals surface area contributed by atoms with Crippen LogP contribution in [0, 0.1) is 0 Å². The number of nitrogens with zero attached hydrogens (tertiary/aromatic N) is 5. The van der Waals surface area contributed by atoms with Gasteiger partial charge in [0.1, 0.15) is 16.7 Å². The van der Waals surface area contributed by atoms with E-state index in [9.17, 15) is 4.79 Å². The molecule has 1 atom stereocenters. The van der Waals surface area contributed by atoms with Crippen LogP contribution in [0.25, 0.3) is 5.69 Å². The van der Waals surface area contributed by atoms with Crippen molar-refractivity contribution in [1.82, 2.24) is 25.1 Å². The summed E-state index contributed by atoms with van der Waals surface area (Å²) in [5, 5.41) is 12.2. The molecule has 0 radical (unpaired) electrons. The number of para-hydroxylation sites is 2. The Labute approximate surface area is 168 Å². The Morgan fingerprint density at radius 2 is 1.79 bits per heavy atom. The van der Waals surface area contributed by atoms with Crippen molar-refractivity contribution in [3.63, 3.8) is 0 Å². The monoisotopic (exact) mass is 397 g/mol. The maximum absolute atomic E-state index is 13.2. The molecule has 146 valence electrons. The van der Waals surface area contributed by atoms with Crippen LogP contribution < -0.4 is 4.74 Å². The number of likely N-dealkylation sites (N-methyl/N-ethyl adjacent to an activating group) is 1. The highest BCUT2D eigenvalue weighted by Crippen LogP contribution is 2.37. The lowest BCUT2D eigenvalue weighted by atomic mass is 10.1. The van der Waals surface area contributed by atoms with Gasteiger partial charge in [0.15, 0.2) is 0 Å². The largest absolute Gasteiger partial charge is 0.494 e. The Morgan fingerprint density at radius 1 is 1.11 bits per heavy atom. The number of carbonyl (C=O) groups is 1. The molecule has 8 heteroatoms. The number of carbonyl (C=O) groups excluding carboxylic acids is 1. The van der Waals surface area contributed by atoms with E-state index in [0.717, 1.165) is 11.3 Å². The molecule has 0 saturated heterocycles. The Balaban J connectivity index is 1.99. The summed E-state index contributed by atoms with van der Waals surface area (Å²) in [5.74, 6) is 0.693. The van der Waals surface area contributed by atoms with Crippen molar-refractivity contribution in [1.29, 1.82) is 0 Å². The smallest absolute Gasteiger partial charge is 0.240 e. The van der Waals surface area contributed by atoms with Crippen molar-refractivity contribution in [3.05, 3.63) is 60.2 Å². The number of benzene rings is 2. The van der Waals surface area contributed by atoms with E-state index in [1.807, 2.05) is 73.3 Å². The molecule has 0 unspecified atom stereocenters. The molecule has 1 amide bonds. The Morgan fingerprint density at radius 3 is 2.46 bits per heavy atom. The van der Waals surface area contributed by atoms with E-state index in [0.29, 0.717) is 24.0 Å². The fourth-order valence-electron chi connectivity index (χ4n) is 2.90.